The quantitative estimate of drug-likeness (QED) is 0.868. The van der Waals surface area contributed by atoms with Gasteiger partial charge >= 0.3 is 6.09 Å². The number of aromatic nitrogens is 1. The Hall–Kier alpha value is -1.14. The number of nitrogens with two attached hydrogens (primary N) is 1. The fraction of sp³-hybridized carbons (Fsp3) is 0.636. The molecule has 0 bridgehead atoms. The van der Waals surface area contributed by atoms with Gasteiger partial charge in [0.1, 0.15) is 5.60 Å². The summed E-state index contributed by atoms with van der Waals surface area (Å²) in [4.78, 5) is 15.7. The fourth-order valence-corrected chi connectivity index (χ4v) is 1.84. The van der Waals surface area contributed by atoms with Crippen LogP contribution in [0.5, 0.6) is 0 Å². The van der Waals surface area contributed by atoms with Crippen LogP contribution in [0.15, 0.2) is 5.38 Å². The number of amides is 1. The van der Waals surface area contributed by atoms with E-state index in [1.165, 1.54) is 0 Å². The first-order valence-electron chi connectivity index (χ1n) is 5.42. The van der Waals surface area contributed by atoms with E-state index in [0.717, 1.165) is 10.7 Å². The molecule has 1 aromatic rings. The second-order valence-corrected chi connectivity index (χ2v) is 5.84. The van der Waals surface area contributed by atoms with Gasteiger partial charge in [-0.15, -0.1) is 11.3 Å². The molecule has 0 aliphatic rings. The van der Waals surface area contributed by atoms with Crippen LogP contribution in [-0.4, -0.2) is 23.2 Å². The molecule has 0 radical (unpaired) electrons. The molecule has 0 aliphatic heterocycles. The maximum Gasteiger partial charge on any atom is 0.407 e. The topological polar surface area (TPSA) is 77.2 Å². The zero-order valence-electron chi connectivity index (χ0n) is 10.6. The number of thiazole rings is 1. The van der Waals surface area contributed by atoms with Gasteiger partial charge in [-0.25, -0.2) is 9.78 Å². The van der Waals surface area contributed by atoms with Crippen molar-refractivity contribution in [3.8, 4) is 0 Å². The van der Waals surface area contributed by atoms with Gasteiger partial charge in [0.05, 0.1) is 16.7 Å². The zero-order chi connectivity index (χ0) is 13.1. The minimum absolute atomic E-state index is 0.299. The zero-order valence-corrected chi connectivity index (χ0v) is 11.4. The van der Waals surface area contributed by atoms with Crippen molar-refractivity contribution in [3.63, 3.8) is 0 Å². The summed E-state index contributed by atoms with van der Waals surface area (Å²) in [6.07, 6.45) is -0.458. The van der Waals surface area contributed by atoms with Crippen molar-refractivity contribution in [1.29, 1.82) is 0 Å². The summed E-state index contributed by atoms with van der Waals surface area (Å²) in [7, 11) is 0. The summed E-state index contributed by atoms with van der Waals surface area (Å²) in [5.41, 5.74) is 6.19. The molecule has 1 unspecified atom stereocenters. The lowest BCUT2D eigenvalue weighted by atomic mass is 10.2. The Morgan fingerprint density at radius 2 is 2.29 bits per heavy atom. The Morgan fingerprint density at radius 1 is 1.65 bits per heavy atom. The van der Waals surface area contributed by atoms with E-state index in [0.29, 0.717) is 6.54 Å². The number of rotatable bonds is 3. The van der Waals surface area contributed by atoms with Crippen molar-refractivity contribution in [2.24, 2.45) is 5.73 Å². The van der Waals surface area contributed by atoms with Crippen molar-refractivity contribution in [2.75, 3.05) is 6.54 Å². The van der Waals surface area contributed by atoms with Gasteiger partial charge in [0, 0.05) is 11.9 Å². The first-order chi connectivity index (χ1) is 7.78. The van der Waals surface area contributed by atoms with Crippen LogP contribution in [0.3, 0.4) is 0 Å². The summed E-state index contributed by atoms with van der Waals surface area (Å²) < 4.78 is 5.11. The van der Waals surface area contributed by atoms with Gasteiger partial charge in [-0.2, -0.15) is 0 Å². The highest BCUT2D eigenvalue weighted by atomic mass is 32.1. The number of carbonyl (C=O) groups is 1. The van der Waals surface area contributed by atoms with Crippen LogP contribution in [0.4, 0.5) is 4.79 Å². The van der Waals surface area contributed by atoms with E-state index < -0.39 is 11.7 Å². The molecule has 0 aromatic carbocycles. The van der Waals surface area contributed by atoms with E-state index in [1.54, 1.807) is 11.3 Å². The molecule has 0 fully saturated rings. The summed E-state index contributed by atoms with van der Waals surface area (Å²) >= 11 is 1.54. The molecule has 0 saturated carbocycles. The average molecular weight is 257 g/mol. The molecular formula is C11H19N3O2S. The van der Waals surface area contributed by atoms with E-state index in [1.807, 2.05) is 33.1 Å². The number of carbonyl (C=O) groups excluding carboxylic acids is 1. The smallest absolute Gasteiger partial charge is 0.407 e. The number of nitrogens with one attached hydrogen (secondary N) is 1. The number of aryl methyl sites for hydroxylation is 1. The number of alkyl carbamates (subject to hydrolysis) is 1. The van der Waals surface area contributed by atoms with Crippen LogP contribution in [0.25, 0.3) is 0 Å². The third-order valence-corrected chi connectivity index (χ3v) is 2.67. The maximum atomic E-state index is 11.4. The van der Waals surface area contributed by atoms with E-state index >= 15 is 0 Å². The van der Waals surface area contributed by atoms with E-state index in [2.05, 4.69) is 10.3 Å². The Kier molecular flexibility index (Phi) is 4.47. The second-order valence-electron chi connectivity index (χ2n) is 4.78. The molecule has 0 aliphatic carbocycles. The molecular weight excluding hydrogens is 238 g/mol. The predicted octanol–water partition coefficient (Wildman–Crippen LogP) is 1.98. The fourth-order valence-electron chi connectivity index (χ4n) is 1.16. The molecule has 96 valence electrons. The predicted molar refractivity (Wildman–Crippen MR) is 68.0 cm³/mol. The van der Waals surface area contributed by atoms with Crippen molar-refractivity contribution < 1.29 is 9.53 Å². The Labute approximate surface area is 105 Å². The highest BCUT2D eigenvalue weighted by molar-refractivity contribution is 7.09. The standard InChI is InChI=1S/C11H19N3O2S/c1-7-14-9(6-17-7)8(12)5-13-10(15)16-11(2,3)4/h6,8H,5,12H2,1-4H3,(H,13,15). The summed E-state index contributed by atoms with van der Waals surface area (Å²) in [6.45, 7) is 7.68. The molecule has 1 rings (SSSR count). The van der Waals surface area contributed by atoms with Crippen molar-refractivity contribution in [1.82, 2.24) is 10.3 Å². The molecule has 5 nitrogen and oxygen atoms in total. The summed E-state index contributed by atoms with van der Waals surface area (Å²) in [5, 5.41) is 5.49. The number of nitrogens with zero attached hydrogens (tertiary/aromatic N) is 1. The molecule has 0 saturated heterocycles. The molecule has 17 heavy (non-hydrogen) atoms. The molecule has 1 aromatic heterocycles. The minimum atomic E-state index is -0.495. The van der Waals surface area contributed by atoms with E-state index in [4.69, 9.17) is 10.5 Å². The second kappa shape index (κ2) is 5.46. The van der Waals surface area contributed by atoms with Crippen LogP contribution < -0.4 is 11.1 Å². The first-order valence-corrected chi connectivity index (χ1v) is 6.30. The lowest BCUT2D eigenvalue weighted by Crippen LogP contribution is -2.36. The third-order valence-electron chi connectivity index (χ3n) is 1.88. The van der Waals surface area contributed by atoms with Crippen LogP contribution in [0.1, 0.15) is 37.5 Å². The monoisotopic (exact) mass is 257 g/mol. The van der Waals surface area contributed by atoms with Crippen LogP contribution >= 0.6 is 11.3 Å². The largest absolute Gasteiger partial charge is 0.444 e. The average Bonchev–Trinajstić information content (AvgIpc) is 2.58. The summed E-state index contributed by atoms with van der Waals surface area (Å²) in [5.74, 6) is 0. The molecule has 1 atom stereocenters. The lowest BCUT2D eigenvalue weighted by molar-refractivity contribution is 0.0524. The maximum absolute atomic E-state index is 11.4. The molecule has 1 heterocycles. The highest BCUT2D eigenvalue weighted by Gasteiger charge is 2.17. The van der Waals surface area contributed by atoms with Gasteiger partial charge < -0.3 is 15.8 Å². The molecule has 0 spiro atoms. The van der Waals surface area contributed by atoms with Gasteiger partial charge in [0.15, 0.2) is 0 Å². The molecule has 1 amide bonds. The van der Waals surface area contributed by atoms with Crippen molar-refractivity contribution in [2.45, 2.75) is 39.3 Å². The first kappa shape index (κ1) is 13.9. The van der Waals surface area contributed by atoms with Gasteiger partial charge in [-0.05, 0) is 27.7 Å². The highest BCUT2D eigenvalue weighted by Crippen LogP contribution is 2.13. The van der Waals surface area contributed by atoms with Gasteiger partial charge in [0.2, 0.25) is 0 Å². The summed E-state index contributed by atoms with van der Waals surface area (Å²) in [6, 6.07) is -0.299. The Balaban J connectivity index is 2.38. The minimum Gasteiger partial charge on any atom is -0.444 e. The Bertz CT molecular complexity index is 384. The number of hydrogen-bond acceptors (Lipinski definition) is 5. The third kappa shape index (κ3) is 5.14. The van der Waals surface area contributed by atoms with Gasteiger partial charge in [-0.3, -0.25) is 0 Å². The molecule has 6 heteroatoms. The molecule has 3 N–H and O–H groups in total. The van der Waals surface area contributed by atoms with Crippen LogP contribution in [0.2, 0.25) is 0 Å². The Morgan fingerprint density at radius 3 is 2.76 bits per heavy atom. The van der Waals surface area contributed by atoms with Crippen LogP contribution in [0, 0.1) is 6.92 Å². The SMILES string of the molecule is Cc1nc(C(N)CNC(=O)OC(C)(C)C)cs1. The normalized spacial score (nSPS) is 13.2. The van der Waals surface area contributed by atoms with Crippen molar-refractivity contribution in [3.05, 3.63) is 16.1 Å². The number of ether oxygens (including phenoxy) is 1. The van der Waals surface area contributed by atoms with E-state index in [-0.39, 0.29) is 6.04 Å². The van der Waals surface area contributed by atoms with Gasteiger partial charge in [0.25, 0.3) is 0 Å². The lowest BCUT2D eigenvalue weighted by Gasteiger charge is -2.20. The van der Waals surface area contributed by atoms with Crippen LogP contribution in [-0.2, 0) is 4.74 Å². The van der Waals surface area contributed by atoms with Gasteiger partial charge in [-0.1, -0.05) is 0 Å². The van der Waals surface area contributed by atoms with Crippen molar-refractivity contribution >= 4 is 17.4 Å². The van der Waals surface area contributed by atoms with E-state index in [9.17, 15) is 4.79 Å². The number of hydrogen-bond donors (Lipinski definition) is 2.